The van der Waals surface area contributed by atoms with Crippen molar-refractivity contribution in [2.24, 2.45) is 5.92 Å². The summed E-state index contributed by atoms with van der Waals surface area (Å²) in [6.07, 6.45) is 1.95. The molecule has 3 aromatic rings. The first-order valence-electron chi connectivity index (χ1n) is 14.9. The van der Waals surface area contributed by atoms with E-state index in [1.807, 2.05) is 49.4 Å². The molecule has 1 aromatic heterocycles. The van der Waals surface area contributed by atoms with E-state index >= 15 is 0 Å². The van der Waals surface area contributed by atoms with Gasteiger partial charge in [-0.05, 0) is 37.3 Å². The number of aromatic nitrogens is 1. The number of esters is 1. The Morgan fingerprint density at radius 1 is 1.02 bits per heavy atom. The molecule has 0 fully saturated rings. The van der Waals surface area contributed by atoms with Crippen LogP contribution in [0.25, 0.3) is 11.3 Å². The molecule has 10 nitrogen and oxygen atoms in total. The lowest BCUT2D eigenvalue weighted by molar-refractivity contribution is -0.144. The van der Waals surface area contributed by atoms with Crippen LogP contribution in [-0.4, -0.2) is 75.7 Å². The van der Waals surface area contributed by atoms with Crippen molar-refractivity contribution < 1.29 is 38.0 Å². The third-order valence-corrected chi connectivity index (χ3v) is 8.29. The maximum Gasteiger partial charge on any atom is 0.320 e. The molecule has 3 aliphatic rings. The fraction of sp³-hybridized carbons (Fsp3) is 0.412. The van der Waals surface area contributed by atoms with Gasteiger partial charge in [0.15, 0.2) is 17.6 Å². The predicted molar refractivity (Wildman–Crippen MR) is 163 cm³/mol. The quantitative estimate of drug-likeness (QED) is 0.286. The van der Waals surface area contributed by atoms with Gasteiger partial charge in [-0.1, -0.05) is 13.0 Å². The lowest BCUT2D eigenvalue weighted by atomic mass is 9.89. The number of carbonyl (C=O) groups excluding carboxylic acids is 1. The molecular weight excluding hydrogens is 564 g/mol. The SMILES string of the molecule is CCOC(=O)CN(Cc1ccccn1)CC(C)[C@H]1Cc2c(ccc3c2O[C@@H]2COc4cc(OC)c(OC)cc4C2=C3OC)O1. The van der Waals surface area contributed by atoms with Crippen molar-refractivity contribution in [3.8, 4) is 28.7 Å². The number of benzene rings is 2. The molecule has 10 heteroatoms. The zero-order valence-electron chi connectivity index (χ0n) is 25.8. The van der Waals surface area contributed by atoms with E-state index in [0.29, 0.717) is 50.0 Å². The number of pyridine rings is 1. The smallest absolute Gasteiger partial charge is 0.320 e. The van der Waals surface area contributed by atoms with Crippen molar-refractivity contribution in [3.05, 3.63) is 71.0 Å². The van der Waals surface area contributed by atoms with Crippen molar-refractivity contribution in [2.75, 3.05) is 47.6 Å². The third-order valence-electron chi connectivity index (χ3n) is 8.29. The van der Waals surface area contributed by atoms with Crippen molar-refractivity contribution in [3.63, 3.8) is 0 Å². The van der Waals surface area contributed by atoms with E-state index in [2.05, 4.69) is 16.8 Å². The van der Waals surface area contributed by atoms with Gasteiger partial charge < -0.3 is 33.2 Å². The summed E-state index contributed by atoms with van der Waals surface area (Å²) < 4.78 is 41.7. The second-order valence-electron chi connectivity index (χ2n) is 11.1. The Morgan fingerprint density at radius 3 is 2.57 bits per heavy atom. The second-order valence-corrected chi connectivity index (χ2v) is 11.1. The summed E-state index contributed by atoms with van der Waals surface area (Å²) in [6.45, 7) is 5.97. The van der Waals surface area contributed by atoms with Crippen LogP contribution in [0, 0.1) is 5.92 Å². The topological polar surface area (TPSA) is 97.8 Å². The molecule has 3 aliphatic heterocycles. The van der Waals surface area contributed by atoms with Crippen molar-refractivity contribution in [2.45, 2.75) is 39.0 Å². The monoisotopic (exact) mass is 602 g/mol. The lowest BCUT2D eigenvalue weighted by Gasteiger charge is -2.35. The Hall–Kier alpha value is -4.44. The standard InChI is InChI=1S/C34H38N2O8/c1-6-41-31(37)18-36(17-21-9-7-8-12-35-21)16-20(2)26-14-24-25(43-26)11-10-22-33(24)44-30-19-42-27-15-29(39-4)28(38-3)13-23(27)32(30)34(22)40-5/h7-13,15,20,26,30H,6,14,16-19H2,1-5H3/t20?,26-,30-/m1/s1. The Morgan fingerprint density at radius 2 is 1.84 bits per heavy atom. The van der Waals surface area contributed by atoms with Crippen LogP contribution in [-0.2, 0) is 27.2 Å². The average Bonchev–Trinajstić information content (AvgIpc) is 3.49. The van der Waals surface area contributed by atoms with Crippen LogP contribution in [0.2, 0.25) is 0 Å². The number of carbonyl (C=O) groups is 1. The molecule has 1 unspecified atom stereocenters. The molecule has 0 amide bonds. The number of fused-ring (bicyclic) bond motifs is 6. The Labute approximate surface area is 257 Å². The number of ether oxygens (including phenoxy) is 7. The molecule has 0 saturated carbocycles. The van der Waals surface area contributed by atoms with E-state index in [1.54, 1.807) is 27.5 Å². The predicted octanol–water partition coefficient (Wildman–Crippen LogP) is 4.77. The first-order valence-corrected chi connectivity index (χ1v) is 14.9. The normalized spacial score (nSPS) is 18.5. The number of methoxy groups -OCH3 is 3. The number of rotatable bonds is 11. The van der Waals surface area contributed by atoms with Crippen LogP contribution in [0.4, 0.5) is 0 Å². The van der Waals surface area contributed by atoms with Crippen molar-refractivity contribution in [1.29, 1.82) is 0 Å². The van der Waals surface area contributed by atoms with Crippen LogP contribution in [0.3, 0.4) is 0 Å². The zero-order valence-corrected chi connectivity index (χ0v) is 25.8. The minimum Gasteiger partial charge on any atom is -0.496 e. The molecule has 0 aliphatic carbocycles. The summed E-state index contributed by atoms with van der Waals surface area (Å²) >= 11 is 0. The molecule has 0 bridgehead atoms. The van der Waals surface area contributed by atoms with E-state index in [-0.39, 0.29) is 30.6 Å². The van der Waals surface area contributed by atoms with Crippen molar-refractivity contribution in [1.82, 2.24) is 9.88 Å². The van der Waals surface area contributed by atoms with Crippen LogP contribution in [0.5, 0.6) is 28.7 Å². The molecule has 6 rings (SSSR count). The summed E-state index contributed by atoms with van der Waals surface area (Å²) in [7, 11) is 4.89. The van der Waals surface area contributed by atoms with E-state index in [9.17, 15) is 4.79 Å². The van der Waals surface area contributed by atoms with Gasteiger partial charge in [-0.15, -0.1) is 0 Å². The zero-order chi connectivity index (χ0) is 30.8. The minimum atomic E-state index is -0.371. The summed E-state index contributed by atoms with van der Waals surface area (Å²) in [5, 5.41) is 0. The highest BCUT2D eigenvalue weighted by Crippen LogP contribution is 2.51. The largest absolute Gasteiger partial charge is 0.496 e. The minimum absolute atomic E-state index is 0.0973. The fourth-order valence-electron chi connectivity index (χ4n) is 6.25. The lowest BCUT2D eigenvalue weighted by Crippen LogP contribution is -2.38. The van der Waals surface area contributed by atoms with Gasteiger partial charge in [-0.2, -0.15) is 0 Å². The van der Waals surface area contributed by atoms with Gasteiger partial charge in [0, 0.05) is 54.4 Å². The highest BCUT2D eigenvalue weighted by molar-refractivity contribution is 5.96. The molecule has 0 N–H and O–H groups in total. The fourth-order valence-corrected chi connectivity index (χ4v) is 6.25. The van der Waals surface area contributed by atoms with Gasteiger partial charge in [-0.3, -0.25) is 14.7 Å². The first-order chi connectivity index (χ1) is 21.4. The second kappa shape index (κ2) is 12.7. The van der Waals surface area contributed by atoms with Crippen LogP contribution >= 0.6 is 0 Å². The maximum absolute atomic E-state index is 12.4. The van der Waals surface area contributed by atoms with E-state index in [0.717, 1.165) is 45.2 Å². The molecule has 0 saturated heterocycles. The molecule has 2 aromatic carbocycles. The molecular formula is C34H38N2O8. The van der Waals surface area contributed by atoms with Gasteiger partial charge in [0.05, 0.1) is 45.7 Å². The Kier molecular flexibility index (Phi) is 8.52. The molecule has 0 spiro atoms. The molecule has 3 atom stereocenters. The van der Waals surface area contributed by atoms with Gasteiger partial charge in [0.1, 0.15) is 35.7 Å². The summed E-state index contributed by atoms with van der Waals surface area (Å²) in [6, 6.07) is 13.5. The van der Waals surface area contributed by atoms with Gasteiger partial charge in [0.25, 0.3) is 0 Å². The summed E-state index contributed by atoms with van der Waals surface area (Å²) in [5.74, 6) is 4.02. The summed E-state index contributed by atoms with van der Waals surface area (Å²) in [5.41, 5.74) is 4.53. The maximum atomic E-state index is 12.4. The highest BCUT2D eigenvalue weighted by atomic mass is 16.6. The summed E-state index contributed by atoms with van der Waals surface area (Å²) in [4.78, 5) is 19.0. The van der Waals surface area contributed by atoms with Crippen LogP contribution in [0.1, 0.15) is 36.2 Å². The van der Waals surface area contributed by atoms with Crippen LogP contribution in [0.15, 0.2) is 48.7 Å². The molecule has 4 heterocycles. The number of hydrogen-bond donors (Lipinski definition) is 0. The highest BCUT2D eigenvalue weighted by Gasteiger charge is 2.41. The van der Waals surface area contributed by atoms with E-state index in [4.69, 9.17) is 33.2 Å². The molecule has 0 radical (unpaired) electrons. The third kappa shape index (κ3) is 5.61. The molecule has 44 heavy (non-hydrogen) atoms. The van der Waals surface area contributed by atoms with E-state index < -0.39 is 0 Å². The Bertz CT molecular complexity index is 1560. The van der Waals surface area contributed by atoms with Crippen LogP contribution < -0.4 is 23.7 Å². The van der Waals surface area contributed by atoms with Gasteiger partial charge in [-0.25, -0.2) is 0 Å². The Balaban J connectivity index is 1.26. The van der Waals surface area contributed by atoms with Gasteiger partial charge in [0.2, 0.25) is 0 Å². The number of hydrogen-bond acceptors (Lipinski definition) is 10. The van der Waals surface area contributed by atoms with E-state index in [1.165, 1.54) is 0 Å². The average molecular weight is 603 g/mol. The van der Waals surface area contributed by atoms with Gasteiger partial charge >= 0.3 is 5.97 Å². The van der Waals surface area contributed by atoms with Crippen molar-refractivity contribution >= 4 is 17.3 Å². The number of nitrogens with zero attached hydrogens (tertiary/aromatic N) is 2. The molecule has 232 valence electrons. The first kappa shape index (κ1) is 29.6.